The molecule has 0 aromatic heterocycles. The number of hydrogen-bond donors (Lipinski definition) is 2. The van der Waals surface area contributed by atoms with Crippen LogP contribution in [0.2, 0.25) is 5.02 Å². The molecular weight excluding hydrogens is 260 g/mol. The predicted octanol–water partition coefficient (Wildman–Crippen LogP) is 2.98. The third-order valence-electron chi connectivity index (χ3n) is 3.88. The average Bonchev–Trinajstić information content (AvgIpc) is 2.45. The maximum Gasteiger partial charge on any atom is 0.251 e. The van der Waals surface area contributed by atoms with Crippen molar-refractivity contribution in [2.75, 3.05) is 6.54 Å². The highest BCUT2D eigenvalue weighted by molar-refractivity contribution is 6.30. The highest BCUT2D eigenvalue weighted by atomic mass is 35.5. The fraction of sp³-hybridized carbons (Fsp3) is 0.533. The topological polar surface area (TPSA) is 55.1 Å². The Morgan fingerprint density at radius 1 is 1.37 bits per heavy atom. The van der Waals surface area contributed by atoms with Crippen LogP contribution in [0.25, 0.3) is 0 Å². The van der Waals surface area contributed by atoms with E-state index in [4.69, 9.17) is 17.3 Å². The summed E-state index contributed by atoms with van der Waals surface area (Å²) in [5.41, 5.74) is 6.42. The van der Waals surface area contributed by atoms with Crippen molar-refractivity contribution in [1.29, 1.82) is 0 Å². The van der Waals surface area contributed by atoms with E-state index in [-0.39, 0.29) is 11.9 Å². The number of nitrogens with one attached hydrogen (secondary N) is 1. The van der Waals surface area contributed by atoms with Crippen LogP contribution in [0.15, 0.2) is 24.3 Å². The van der Waals surface area contributed by atoms with E-state index in [9.17, 15) is 4.79 Å². The number of amides is 1. The lowest BCUT2D eigenvalue weighted by Gasteiger charge is -2.30. The Morgan fingerprint density at radius 3 is 2.74 bits per heavy atom. The van der Waals surface area contributed by atoms with Gasteiger partial charge < -0.3 is 11.1 Å². The first-order valence-corrected chi connectivity index (χ1v) is 7.35. The molecule has 3 nitrogen and oxygen atoms in total. The first-order chi connectivity index (χ1) is 9.20. The molecule has 0 heterocycles. The SMILES string of the molecule is NCC(NC(=O)c1cccc(Cl)c1)C1CCCCC1. The summed E-state index contributed by atoms with van der Waals surface area (Å²) in [6.07, 6.45) is 6.12. The van der Waals surface area contributed by atoms with Crippen LogP contribution < -0.4 is 11.1 Å². The van der Waals surface area contributed by atoms with Gasteiger partial charge in [0.15, 0.2) is 0 Å². The Kier molecular flexibility index (Phi) is 5.23. The molecule has 1 aliphatic rings. The van der Waals surface area contributed by atoms with Crippen molar-refractivity contribution < 1.29 is 4.79 Å². The number of nitrogens with two attached hydrogens (primary N) is 1. The van der Waals surface area contributed by atoms with E-state index in [1.165, 1.54) is 19.3 Å². The minimum atomic E-state index is -0.0801. The third kappa shape index (κ3) is 3.95. The molecular formula is C15H21ClN2O. The van der Waals surface area contributed by atoms with E-state index in [0.717, 1.165) is 12.8 Å². The van der Waals surface area contributed by atoms with Crippen molar-refractivity contribution in [2.45, 2.75) is 38.1 Å². The minimum Gasteiger partial charge on any atom is -0.348 e. The summed E-state index contributed by atoms with van der Waals surface area (Å²) < 4.78 is 0. The highest BCUT2D eigenvalue weighted by Gasteiger charge is 2.24. The molecule has 0 saturated heterocycles. The zero-order valence-corrected chi connectivity index (χ0v) is 11.8. The van der Waals surface area contributed by atoms with E-state index < -0.39 is 0 Å². The van der Waals surface area contributed by atoms with Crippen LogP contribution in [-0.2, 0) is 0 Å². The fourth-order valence-electron chi connectivity index (χ4n) is 2.79. The Bertz CT molecular complexity index is 430. The van der Waals surface area contributed by atoms with Gasteiger partial charge >= 0.3 is 0 Å². The molecule has 1 aromatic rings. The molecule has 1 amide bonds. The van der Waals surface area contributed by atoms with E-state index >= 15 is 0 Å². The van der Waals surface area contributed by atoms with Gasteiger partial charge in [0.1, 0.15) is 0 Å². The first kappa shape index (κ1) is 14.4. The Balaban J connectivity index is 1.99. The van der Waals surface area contributed by atoms with Gasteiger partial charge in [-0.1, -0.05) is 36.9 Å². The van der Waals surface area contributed by atoms with Crippen LogP contribution in [0.1, 0.15) is 42.5 Å². The second kappa shape index (κ2) is 6.92. The van der Waals surface area contributed by atoms with Crippen molar-refractivity contribution in [3.8, 4) is 0 Å². The average molecular weight is 281 g/mol. The minimum absolute atomic E-state index is 0.0757. The van der Waals surface area contributed by atoms with Gasteiger partial charge in [-0.15, -0.1) is 0 Å². The van der Waals surface area contributed by atoms with Crippen LogP contribution in [0.5, 0.6) is 0 Å². The molecule has 0 radical (unpaired) electrons. The van der Waals surface area contributed by atoms with E-state index in [1.54, 1.807) is 24.3 Å². The molecule has 1 unspecified atom stereocenters. The van der Waals surface area contributed by atoms with Crippen molar-refractivity contribution in [3.63, 3.8) is 0 Å². The largest absolute Gasteiger partial charge is 0.348 e. The Hall–Kier alpha value is -1.06. The Morgan fingerprint density at radius 2 is 2.11 bits per heavy atom. The highest BCUT2D eigenvalue weighted by Crippen LogP contribution is 2.26. The molecule has 1 atom stereocenters. The summed E-state index contributed by atoms with van der Waals surface area (Å²) >= 11 is 5.90. The van der Waals surface area contributed by atoms with Crippen molar-refractivity contribution in [1.82, 2.24) is 5.32 Å². The third-order valence-corrected chi connectivity index (χ3v) is 4.11. The van der Waals surface area contributed by atoms with Crippen molar-refractivity contribution >= 4 is 17.5 Å². The predicted molar refractivity (Wildman–Crippen MR) is 78.3 cm³/mol. The number of rotatable bonds is 4. The summed E-state index contributed by atoms with van der Waals surface area (Å²) in [4.78, 5) is 12.2. The van der Waals surface area contributed by atoms with Gasteiger partial charge in [-0.3, -0.25) is 4.79 Å². The molecule has 104 valence electrons. The van der Waals surface area contributed by atoms with Crippen LogP contribution in [0, 0.1) is 5.92 Å². The van der Waals surface area contributed by atoms with Crippen LogP contribution in [0.4, 0.5) is 0 Å². The molecule has 1 fully saturated rings. The van der Waals surface area contributed by atoms with Gasteiger partial charge in [0.2, 0.25) is 0 Å². The second-order valence-electron chi connectivity index (χ2n) is 5.22. The molecule has 0 spiro atoms. The van der Waals surface area contributed by atoms with Gasteiger partial charge in [-0.2, -0.15) is 0 Å². The number of benzene rings is 1. The van der Waals surface area contributed by atoms with Crippen molar-refractivity contribution in [2.24, 2.45) is 11.7 Å². The summed E-state index contributed by atoms with van der Waals surface area (Å²) in [7, 11) is 0. The second-order valence-corrected chi connectivity index (χ2v) is 5.66. The molecule has 1 aliphatic carbocycles. The number of carbonyl (C=O) groups excluding carboxylic acids is 1. The maximum absolute atomic E-state index is 12.2. The molecule has 0 bridgehead atoms. The summed E-state index contributed by atoms with van der Waals surface area (Å²) in [6.45, 7) is 0.497. The maximum atomic E-state index is 12.2. The lowest BCUT2D eigenvalue weighted by atomic mass is 9.84. The monoisotopic (exact) mass is 280 g/mol. The van der Waals surface area contributed by atoms with Gasteiger partial charge in [0.25, 0.3) is 5.91 Å². The number of halogens is 1. The zero-order chi connectivity index (χ0) is 13.7. The van der Waals surface area contributed by atoms with E-state index in [0.29, 0.717) is 23.0 Å². The summed E-state index contributed by atoms with van der Waals surface area (Å²) in [5.74, 6) is 0.436. The zero-order valence-electron chi connectivity index (χ0n) is 11.1. The van der Waals surface area contributed by atoms with Crippen LogP contribution >= 0.6 is 11.6 Å². The lowest BCUT2D eigenvalue weighted by molar-refractivity contribution is 0.0915. The molecule has 1 aromatic carbocycles. The molecule has 3 N–H and O–H groups in total. The van der Waals surface area contributed by atoms with Gasteiger partial charge in [-0.05, 0) is 37.0 Å². The van der Waals surface area contributed by atoms with Gasteiger partial charge in [0, 0.05) is 23.2 Å². The summed E-state index contributed by atoms with van der Waals surface area (Å²) in [5, 5.41) is 3.64. The lowest BCUT2D eigenvalue weighted by Crippen LogP contribution is -2.45. The first-order valence-electron chi connectivity index (χ1n) is 6.97. The van der Waals surface area contributed by atoms with Crippen molar-refractivity contribution in [3.05, 3.63) is 34.9 Å². The quantitative estimate of drug-likeness (QED) is 0.891. The molecule has 1 saturated carbocycles. The fourth-order valence-corrected chi connectivity index (χ4v) is 2.98. The summed E-state index contributed by atoms with van der Waals surface area (Å²) in [6, 6.07) is 7.09. The molecule has 19 heavy (non-hydrogen) atoms. The molecule has 0 aliphatic heterocycles. The standard InChI is InChI=1S/C15H21ClN2O/c16-13-8-4-7-12(9-13)15(19)18-14(10-17)11-5-2-1-3-6-11/h4,7-9,11,14H,1-3,5-6,10,17H2,(H,18,19). The van der Waals surface area contributed by atoms with E-state index in [2.05, 4.69) is 5.32 Å². The smallest absolute Gasteiger partial charge is 0.251 e. The van der Waals surface area contributed by atoms with Crippen LogP contribution in [0.3, 0.4) is 0 Å². The van der Waals surface area contributed by atoms with Gasteiger partial charge in [0.05, 0.1) is 0 Å². The Labute approximate surface area is 119 Å². The number of carbonyl (C=O) groups is 1. The normalized spacial score (nSPS) is 18.0. The number of hydrogen-bond acceptors (Lipinski definition) is 2. The van der Waals surface area contributed by atoms with E-state index in [1.807, 2.05) is 0 Å². The van der Waals surface area contributed by atoms with Crippen LogP contribution in [-0.4, -0.2) is 18.5 Å². The molecule has 4 heteroatoms. The molecule has 2 rings (SSSR count). The van der Waals surface area contributed by atoms with Gasteiger partial charge in [-0.25, -0.2) is 0 Å².